The van der Waals surface area contributed by atoms with E-state index in [2.05, 4.69) is 126 Å². The number of nitrogens with zero attached hydrogens (tertiary/aromatic N) is 4. The standard InChI is InChI=1S/C51H32N4O2/c1-3-14-31(15-4-1)33-18-11-19-34(30-33)50-52-49(32-16-5-2-6-17-32)53-51(54-50)40-23-13-27-44-45(40)39-22-12-25-42(47(39)57-44)55-41-24-9-7-20-35(41)37-28-29-38-36-21-8-10-26-43(36)56-48(38)46(37)55/h1-30,35,41H. The Bertz CT molecular complexity index is 3270. The average molecular weight is 733 g/mol. The van der Waals surface area contributed by atoms with Gasteiger partial charge in [-0.25, -0.2) is 15.0 Å². The molecule has 0 saturated carbocycles. The van der Waals surface area contributed by atoms with Crippen molar-refractivity contribution >= 4 is 55.3 Å². The van der Waals surface area contributed by atoms with Crippen molar-refractivity contribution in [1.29, 1.82) is 0 Å². The van der Waals surface area contributed by atoms with Crippen LogP contribution in [0.15, 0.2) is 191 Å². The molecule has 0 bridgehead atoms. The summed E-state index contributed by atoms with van der Waals surface area (Å²) in [6.07, 6.45) is 8.88. The van der Waals surface area contributed by atoms with Crippen LogP contribution >= 0.6 is 0 Å². The molecule has 0 spiro atoms. The number of hydrogen-bond acceptors (Lipinski definition) is 6. The van der Waals surface area contributed by atoms with Crippen molar-refractivity contribution < 1.29 is 8.83 Å². The zero-order valence-corrected chi connectivity index (χ0v) is 30.6. The molecule has 4 heterocycles. The predicted octanol–water partition coefficient (Wildman–Crippen LogP) is 13.1. The Hall–Kier alpha value is -7.57. The number of rotatable bonds is 5. The zero-order valence-electron chi connectivity index (χ0n) is 30.6. The molecule has 6 nitrogen and oxygen atoms in total. The molecule has 0 N–H and O–H groups in total. The Balaban J connectivity index is 1.07. The smallest absolute Gasteiger partial charge is 0.164 e. The van der Waals surface area contributed by atoms with E-state index in [9.17, 15) is 0 Å². The fraction of sp³-hybridized carbons (Fsp3) is 0.0392. The van der Waals surface area contributed by atoms with Crippen LogP contribution in [0.25, 0.3) is 89.2 Å². The topological polar surface area (TPSA) is 68.2 Å². The van der Waals surface area contributed by atoms with E-state index in [0.29, 0.717) is 17.5 Å². The van der Waals surface area contributed by atoms with Crippen LogP contribution in [0.3, 0.4) is 0 Å². The maximum Gasteiger partial charge on any atom is 0.164 e. The summed E-state index contributed by atoms with van der Waals surface area (Å²) in [4.78, 5) is 17.8. The van der Waals surface area contributed by atoms with Crippen molar-refractivity contribution in [2.75, 3.05) is 4.90 Å². The van der Waals surface area contributed by atoms with Crippen molar-refractivity contribution in [3.63, 3.8) is 0 Å². The van der Waals surface area contributed by atoms with Crippen LogP contribution in [-0.2, 0) is 0 Å². The number of fused-ring (bicyclic) bond motifs is 10. The summed E-state index contributed by atoms with van der Waals surface area (Å²) >= 11 is 0. The number of para-hydroxylation sites is 2. The summed E-state index contributed by atoms with van der Waals surface area (Å²) < 4.78 is 13.6. The van der Waals surface area contributed by atoms with Gasteiger partial charge in [0.25, 0.3) is 0 Å². The summed E-state index contributed by atoms with van der Waals surface area (Å²) in [7, 11) is 0. The number of hydrogen-bond donors (Lipinski definition) is 0. The summed E-state index contributed by atoms with van der Waals surface area (Å²) in [5.41, 5.74) is 11.6. The van der Waals surface area contributed by atoms with Crippen LogP contribution in [0, 0.1) is 0 Å². The molecule has 10 aromatic rings. The molecule has 2 atom stereocenters. The second-order valence-corrected chi connectivity index (χ2v) is 14.7. The maximum atomic E-state index is 6.93. The molecular weight excluding hydrogens is 701 g/mol. The van der Waals surface area contributed by atoms with Gasteiger partial charge in [0.15, 0.2) is 28.6 Å². The Morgan fingerprint density at radius 1 is 0.456 bits per heavy atom. The van der Waals surface area contributed by atoms with Crippen LogP contribution < -0.4 is 4.90 Å². The SMILES string of the molecule is C1=CC2c3ccc4c(oc5ccccc54)c3N(c3cccc4c3oc3cccc(-c5nc(-c6ccccc6)nc(-c6cccc(-c7ccccc7)c6)n5)c34)C2C=C1. The highest BCUT2D eigenvalue weighted by atomic mass is 16.3. The summed E-state index contributed by atoms with van der Waals surface area (Å²) in [6.45, 7) is 0. The van der Waals surface area contributed by atoms with Crippen molar-refractivity contribution in [3.05, 3.63) is 188 Å². The lowest BCUT2D eigenvalue weighted by Crippen LogP contribution is -2.28. The summed E-state index contributed by atoms with van der Waals surface area (Å²) in [6, 6.07) is 54.3. The molecule has 0 saturated heterocycles. The van der Waals surface area contributed by atoms with Gasteiger partial charge in [0.2, 0.25) is 0 Å². The highest BCUT2D eigenvalue weighted by molar-refractivity contribution is 6.17. The molecule has 0 radical (unpaired) electrons. The van der Waals surface area contributed by atoms with Gasteiger partial charge in [0.1, 0.15) is 11.2 Å². The largest absolute Gasteiger partial charge is 0.454 e. The molecule has 268 valence electrons. The molecule has 7 aromatic carbocycles. The van der Waals surface area contributed by atoms with Crippen molar-refractivity contribution in [2.45, 2.75) is 12.0 Å². The molecule has 1 aliphatic carbocycles. The maximum absolute atomic E-state index is 6.93. The predicted molar refractivity (Wildman–Crippen MR) is 230 cm³/mol. The first-order valence-electron chi connectivity index (χ1n) is 19.3. The number of benzene rings is 7. The number of allylic oxidation sites excluding steroid dienone is 2. The highest BCUT2D eigenvalue weighted by Crippen LogP contribution is 2.54. The lowest BCUT2D eigenvalue weighted by atomic mass is 9.91. The molecule has 57 heavy (non-hydrogen) atoms. The van der Waals surface area contributed by atoms with Crippen LogP contribution in [0.4, 0.5) is 11.4 Å². The van der Waals surface area contributed by atoms with Gasteiger partial charge in [0.05, 0.1) is 17.4 Å². The van der Waals surface area contributed by atoms with Crippen LogP contribution in [0.1, 0.15) is 11.5 Å². The first-order chi connectivity index (χ1) is 28.3. The van der Waals surface area contributed by atoms with Gasteiger partial charge >= 0.3 is 0 Å². The molecule has 6 heteroatoms. The molecular formula is C51H32N4O2. The van der Waals surface area contributed by atoms with Gasteiger partial charge in [-0.3, -0.25) is 0 Å². The van der Waals surface area contributed by atoms with Gasteiger partial charge in [-0.05, 0) is 41.0 Å². The van der Waals surface area contributed by atoms with E-state index in [1.807, 2.05) is 60.7 Å². The van der Waals surface area contributed by atoms with E-state index < -0.39 is 0 Å². The Morgan fingerprint density at radius 3 is 1.98 bits per heavy atom. The second kappa shape index (κ2) is 12.5. The molecule has 2 aliphatic rings. The first kappa shape index (κ1) is 31.7. The van der Waals surface area contributed by atoms with Crippen LogP contribution in [0.5, 0.6) is 0 Å². The monoisotopic (exact) mass is 732 g/mol. The van der Waals surface area contributed by atoms with Crippen molar-refractivity contribution in [1.82, 2.24) is 15.0 Å². The minimum absolute atomic E-state index is 0.0493. The van der Waals surface area contributed by atoms with Gasteiger partial charge in [-0.15, -0.1) is 0 Å². The van der Waals surface area contributed by atoms with Crippen molar-refractivity contribution in [3.8, 4) is 45.3 Å². The van der Waals surface area contributed by atoms with E-state index in [0.717, 1.165) is 83.1 Å². The molecule has 12 rings (SSSR count). The van der Waals surface area contributed by atoms with E-state index >= 15 is 0 Å². The lowest BCUT2D eigenvalue weighted by Gasteiger charge is -2.28. The molecule has 2 unspecified atom stereocenters. The molecule has 0 fully saturated rings. The van der Waals surface area contributed by atoms with E-state index in [4.69, 9.17) is 23.8 Å². The Labute approximate surface area is 327 Å². The fourth-order valence-electron chi connectivity index (χ4n) is 8.89. The first-order valence-corrected chi connectivity index (χ1v) is 19.3. The Morgan fingerprint density at radius 2 is 1.11 bits per heavy atom. The van der Waals surface area contributed by atoms with E-state index in [1.54, 1.807) is 0 Å². The normalized spacial score (nSPS) is 15.9. The number of furan rings is 2. The fourth-order valence-corrected chi connectivity index (χ4v) is 8.89. The molecule has 3 aromatic heterocycles. The third-order valence-corrected chi connectivity index (χ3v) is 11.5. The van der Waals surface area contributed by atoms with Gasteiger partial charge in [0, 0.05) is 44.2 Å². The summed E-state index contributed by atoms with van der Waals surface area (Å²) in [5, 5.41) is 4.17. The van der Waals surface area contributed by atoms with Gasteiger partial charge in [-0.1, -0.05) is 158 Å². The van der Waals surface area contributed by atoms with Gasteiger partial charge in [-0.2, -0.15) is 0 Å². The number of aromatic nitrogens is 3. The lowest BCUT2D eigenvalue weighted by molar-refractivity contribution is 0.660. The molecule has 0 amide bonds. The minimum Gasteiger partial charge on any atom is -0.454 e. The molecule has 1 aliphatic heterocycles. The second-order valence-electron chi connectivity index (χ2n) is 14.7. The zero-order chi connectivity index (χ0) is 37.5. The third kappa shape index (κ3) is 4.94. The van der Waals surface area contributed by atoms with Crippen LogP contribution in [-0.4, -0.2) is 21.0 Å². The van der Waals surface area contributed by atoms with Crippen LogP contribution in [0.2, 0.25) is 0 Å². The average Bonchev–Trinajstić information content (AvgIpc) is 3.97. The Kier molecular flexibility index (Phi) is 6.95. The number of anilines is 2. The van der Waals surface area contributed by atoms with E-state index in [1.165, 1.54) is 5.56 Å². The quantitative estimate of drug-likeness (QED) is 0.175. The summed E-state index contributed by atoms with van der Waals surface area (Å²) in [5.74, 6) is 1.96. The van der Waals surface area contributed by atoms with Crippen molar-refractivity contribution in [2.24, 2.45) is 0 Å². The highest BCUT2D eigenvalue weighted by Gasteiger charge is 2.41. The minimum atomic E-state index is 0.0493. The third-order valence-electron chi connectivity index (χ3n) is 11.5. The van der Waals surface area contributed by atoms with E-state index in [-0.39, 0.29) is 12.0 Å². The van der Waals surface area contributed by atoms with Gasteiger partial charge < -0.3 is 13.7 Å².